The van der Waals surface area contributed by atoms with Crippen molar-refractivity contribution >= 4 is 28.6 Å². The first-order chi connectivity index (χ1) is 5.57. The molecule has 0 aromatic rings. The molecule has 0 saturated carbocycles. The van der Waals surface area contributed by atoms with Crippen molar-refractivity contribution < 1.29 is 18.3 Å². The van der Waals surface area contributed by atoms with Gasteiger partial charge in [0.15, 0.2) is 0 Å². The molecule has 0 rings (SSSR count). The Kier molecular flexibility index (Phi) is 6.54. The number of hydrogen-bond donors (Lipinski definition) is 1. The highest BCUT2D eigenvalue weighted by atomic mass is 127. The maximum Gasteiger partial charge on any atom is 0.319 e. The molecule has 0 bridgehead atoms. The largest absolute Gasteiger partial charge is 0.468 e. The van der Waals surface area contributed by atoms with Gasteiger partial charge in [-0.05, 0) is 0 Å². The van der Waals surface area contributed by atoms with E-state index in [0.717, 1.165) is 0 Å². The predicted molar refractivity (Wildman–Crippen MR) is 48.7 cm³/mol. The van der Waals surface area contributed by atoms with E-state index < -0.39 is 22.9 Å². The normalized spacial score (nSPS) is 13.1. The van der Waals surface area contributed by atoms with Gasteiger partial charge in [-0.3, -0.25) is 4.79 Å². The van der Waals surface area contributed by atoms with Crippen LogP contribution in [-0.4, -0.2) is 36.5 Å². The summed E-state index contributed by atoms with van der Waals surface area (Å²) < 4.78 is 27.2. The molecule has 12 heavy (non-hydrogen) atoms. The number of halogens is 3. The molecule has 0 radical (unpaired) electrons. The number of methoxy groups -OCH3 is 1. The highest BCUT2D eigenvalue weighted by molar-refractivity contribution is 14.1. The summed E-state index contributed by atoms with van der Waals surface area (Å²) in [6, 6.07) is 0. The Morgan fingerprint density at radius 2 is 2.17 bits per heavy atom. The van der Waals surface area contributed by atoms with E-state index in [1.54, 1.807) is 0 Å². The van der Waals surface area contributed by atoms with Gasteiger partial charge in [-0.1, -0.05) is 22.6 Å². The Morgan fingerprint density at radius 1 is 1.58 bits per heavy atom. The van der Waals surface area contributed by atoms with Crippen molar-refractivity contribution in [2.45, 2.75) is 10.4 Å². The first-order valence-corrected chi connectivity index (χ1v) is 4.53. The topological polar surface area (TPSA) is 38.3 Å². The van der Waals surface area contributed by atoms with Gasteiger partial charge in [0.25, 0.3) is 6.43 Å². The van der Waals surface area contributed by atoms with E-state index in [1.165, 1.54) is 7.11 Å². The summed E-state index contributed by atoms with van der Waals surface area (Å²) in [4.78, 5) is 10.7. The van der Waals surface area contributed by atoms with Crippen molar-refractivity contribution in [1.82, 2.24) is 5.32 Å². The van der Waals surface area contributed by atoms with Crippen molar-refractivity contribution in [3.8, 4) is 0 Å². The van der Waals surface area contributed by atoms with E-state index in [4.69, 9.17) is 0 Å². The number of nitrogens with one attached hydrogen (secondary N) is 1. The highest BCUT2D eigenvalue weighted by Gasteiger charge is 2.14. The van der Waals surface area contributed by atoms with Crippen LogP contribution >= 0.6 is 22.6 Å². The first kappa shape index (κ1) is 12.0. The fourth-order valence-electron chi connectivity index (χ4n) is 0.530. The maximum absolute atomic E-state index is 11.6. The number of rotatable bonds is 5. The molecule has 72 valence electrons. The van der Waals surface area contributed by atoms with E-state index in [1.807, 2.05) is 22.6 Å². The van der Waals surface area contributed by atoms with Gasteiger partial charge in [0.1, 0.15) is 3.92 Å². The third-order valence-corrected chi connectivity index (χ3v) is 2.03. The van der Waals surface area contributed by atoms with Crippen LogP contribution in [0.5, 0.6) is 0 Å². The highest BCUT2D eigenvalue weighted by Crippen LogP contribution is 2.00. The molecule has 0 amide bonds. The van der Waals surface area contributed by atoms with Gasteiger partial charge in [-0.15, -0.1) is 0 Å². The van der Waals surface area contributed by atoms with E-state index in [0.29, 0.717) is 0 Å². The number of hydrogen-bond acceptors (Lipinski definition) is 3. The minimum Gasteiger partial charge on any atom is -0.468 e. The van der Waals surface area contributed by atoms with Crippen LogP contribution in [0, 0.1) is 0 Å². The monoisotopic (exact) mass is 293 g/mol. The summed E-state index contributed by atoms with van der Waals surface area (Å²) in [6.07, 6.45) is -2.38. The summed E-state index contributed by atoms with van der Waals surface area (Å²) in [5.41, 5.74) is 0. The molecule has 0 spiro atoms. The Balaban J connectivity index is 3.43. The molecule has 0 saturated heterocycles. The number of carbonyl (C=O) groups excluding carboxylic acids is 1. The zero-order chi connectivity index (χ0) is 9.56. The van der Waals surface area contributed by atoms with Gasteiger partial charge in [-0.2, -0.15) is 0 Å². The molecule has 3 nitrogen and oxygen atoms in total. The molecule has 0 aliphatic heterocycles. The third kappa shape index (κ3) is 5.64. The van der Waals surface area contributed by atoms with Crippen molar-refractivity contribution in [1.29, 1.82) is 0 Å². The van der Waals surface area contributed by atoms with Crippen LogP contribution in [0.3, 0.4) is 0 Å². The lowest BCUT2D eigenvalue weighted by molar-refractivity contribution is -0.139. The molecule has 6 heteroatoms. The lowest BCUT2D eigenvalue weighted by Crippen LogP contribution is -2.32. The van der Waals surface area contributed by atoms with Gasteiger partial charge in [-0.25, -0.2) is 8.78 Å². The summed E-state index contributed by atoms with van der Waals surface area (Å²) >= 11 is 1.83. The van der Waals surface area contributed by atoms with Crippen molar-refractivity contribution in [2.24, 2.45) is 0 Å². The Hall–Kier alpha value is 0.0200. The molecule has 0 heterocycles. The number of alkyl halides is 3. The zero-order valence-electron chi connectivity index (χ0n) is 6.52. The number of esters is 1. The van der Waals surface area contributed by atoms with Crippen LogP contribution in [0.25, 0.3) is 0 Å². The quantitative estimate of drug-likeness (QED) is 0.463. The molecule has 0 aromatic carbocycles. The average molecular weight is 293 g/mol. The van der Waals surface area contributed by atoms with Gasteiger partial charge < -0.3 is 10.1 Å². The van der Waals surface area contributed by atoms with Crippen molar-refractivity contribution in [3.05, 3.63) is 0 Å². The van der Waals surface area contributed by atoms with E-state index >= 15 is 0 Å². The van der Waals surface area contributed by atoms with Crippen molar-refractivity contribution in [2.75, 3.05) is 20.2 Å². The lowest BCUT2D eigenvalue weighted by Gasteiger charge is -2.08. The second-order valence-electron chi connectivity index (χ2n) is 2.04. The van der Waals surface area contributed by atoms with Crippen LogP contribution in [-0.2, 0) is 9.53 Å². The minimum atomic E-state index is -2.38. The Bertz CT molecular complexity index is 146. The van der Waals surface area contributed by atoms with Crippen LogP contribution in [0.4, 0.5) is 8.78 Å². The van der Waals surface area contributed by atoms with Gasteiger partial charge in [0.2, 0.25) is 0 Å². The lowest BCUT2D eigenvalue weighted by atomic mass is 10.4. The molecule has 0 fully saturated rings. The average Bonchev–Trinajstić information content (AvgIpc) is 2.02. The third-order valence-electron chi connectivity index (χ3n) is 1.08. The van der Waals surface area contributed by atoms with Crippen LogP contribution < -0.4 is 5.32 Å². The number of ether oxygens (including phenoxy) is 1. The standard InChI is InChI=1S/C6H10F2INO2/c1-12-6(11)4(9)2-10-3-5(7)8/h4-5,10H,2-3H2,1H3. The Morgan fingerprint density at radius 3 is 2.58 bits per heavy atom. The van der Waals surface area contributed by atoms with Crippen LogP contribution in [0.2, 0.25) is 0 Å². The summed E-state index contributed by atoms with van der Waals surface area (Å²) in [5.74, 6) is -0.405. The molecular weight excluding hydrogens is 283 g/mol. The van der Waals surface area contributed by atoms with E-state index in [9.17, 15) is 13.6 Å². The molecule has 1 N–H and O–H groups in total. The van der Waals surface area contributed by atoms with Crippen LogP contribution in [0.1, 0.15) is 0 Å². The molecule has 0 aliphatic rings. The summed E-state index contributed by atoms with van der Waals surface area (Å²) in [5, 5.41) is 2.44. The SMILES string of the molecule is COC(=O)C(I)CNCC(F)F. The summed E-state index contributed by atoms with van der Waals surface area (Å²) in [7, 11) is 1.26. The molecule has 0 aromatic heterocycles. The van der Waals surface area contributed by atoms with E-state index in [2.05, 4.69) is 10.1 Å². The summed E-state index contributed by atoms with van der Waals surface area (Å²) in [6.45, 7) is -0.186. The van der Waals surface area contributed by atoms with Crippen molar-refractivity contribution in [3.63, 3.8) is 0 Å². The first-order valence-electron chi connectivity index (χ1n) is 3.28. The fraction of sp³-hybridized carbons (Fsp3) is 0.833. The molecule has 1 unspecified atom stereocenters. The van der Waals surface area contributed by atoms with Gasteiger partial charge in [0, 0.05) is 6.54 Å². The smallest absolute Gasteiger partial charge is 0.319 e. The van der Waals surface area contributed by atoms with Gasteiger partial charge in [0.05, 0.1) is 13.7 Å². The Labute approximate surface area is 83.0 Å². The number of carbonyl (C=O) groups is 1. The van der Waals surface area contributed by atoms with E-state index in [-0.39, 0.29) is 6.54 Å². The fourth-order valence-corrected chi connectivity index (χ4v) is 1.10. The minimum absolute atomic E-state index is 0.206. The predicted octanol–water partition coefficient (Wildman–Crippen LogP) is 0.818. The second kappa shape index (κ2) is 6.53. The van der Waals surface area contributed by atoms with Crippen LogP contribution in [0.15, 0.2) is 0 Å². The van der Waals surface area contributed by atoms with Gasteiger partial charge >= 0.3 is 5.97 Å². The molecular formula is C6H10F2INO2. The second-order valence-corrected chi connectivity index (χ2v) is 3.54. The molecule has 1 atom stereocenters. The zero-order valence-corrected chi connectivity index (χ0v) is 8.68. The molecule has 0 aliphatic carbocycles. The maximum atomic E-state index is 11.6.